The molecule has 4 nitrogen and oxygen atoms in total. The number of hydrogen-bond acceptors (Lipinski definition) is 2. The van der Waals surface area contributed by atoms with Crippen LogP contribution in [-0.2, 0) is 21.1 Å². The first-order chi connectivity index (χ1) is 28.8. The first kappa shape index (κ1) is 36.2. The number of imidazole rings is 1. The predicted molar refractivity (Wildman–Crippen MR) is 238 cm³/mol. The quantitative estimate of drug-likeness (QED) is 0.149. The van der Waals surface area contributed by atoms with Gasteiger partial charge in [0.05, 0.1) is 16.9 Å². The van der Waals surface area contributed by atoms with Gasteiger partial charge in [0.25, 0.3) is 0 Å². The summed E-state index contributed by atoms with van der Waals surface area (Å²) in [7, 11) is 0. The zero-order valence-corrected chi connectivity index (χ0v) is 34.0. The third kappa shape index (κ3) is 6.39. The summed E-state index contributed by atoms with van der Waals surface area (Å²) >= 11 is 0. The maximum Gasteiger partial charge on any atom is 2.00 e. The van der Waals surface area contributed by atoms with Crippen LogP contribution in [0.1, 0.15) is 0 Å². The summed E-state index contributed by atoms with van der Waals surface area (Å²) in [6.45, 7) is 0. The van der Waals surface area contributed by atoms with Gasteiger partial charge in [-0.1, -0.05) is 145 Å². The molecule has 0 aliphatic carbocycles. The number of hydrogen-bond donors (Lipinski definition) is 0. The molecule has 3 aromatic heterocycles. The van der Waals surface area contributed by atoms with Crippen molar-refractivity contribution in [1.29, 1.82) is 0 Å². The number of nitrogens with zero attached hydrogens (tertiary/aromatic N) is 4. The molecule has 0 N–H and O–H groups in total. The molecule has 3 heterocycles. The van der Waals surface area contributed by atoms with Crippen molar-refractivity contribution in [3.8, 4) is 67.5 Å². The fourth-order valence-corrected chi connectivity index (χ4v) is 8.29. The Kier molecular flexibility index (Phi) is 9.41. The topological polar surface area (TPSA) is 35.6 Å². The Balaban J connectivity index is 0.00000420. The summed E-state index contributed by atoms with van der Waals surface area (Å²) in [4.78, 5) is 10.9. The molecule has 8 aromatic carbocycles. The van der Waals surface area contributed by atoms with Crippen LogP contribution in [0.3, 0.4) is 0 Å². The van der Waals surface area contributed by atoms with E-state index in [9.17, 15) is 0 Å². The molecule has 0 aliphatic heterocycles. The molecule has 0 atom stereocenters. The number of fused-ring (bicyclic) bond motifs is 4. The van der Waals surface area contributed by atoms with Crippen LogP contribution in [0.2, 0.25) is 0 Å². The van der Waals surface area contributed by atoms with Crippen molar-refractivity contribution in [2.45, 2.75) is 0 Å². The van der Waals surface area contributed by atoms with E-state index >= 15 is 0 Å². The summed E-state index contributed by atoms with van der Waals surface area (Å²) in [6.07, 6.45) is 0. The van der Waals surface area contributed by atoms with Gasteiger partial charge in [-0.25, -0.2) is 4.98 Å². The number of pyridine rings is 1. The van der Waals surface area contributed by atoms with E-state index in [2.05, 4.69) is 209 Å². The van der Waals surface area contributed by atoms with Crippen molar-refractivity contribution in [2.24, 2.45) is 0 Å². The smallest absolute Gasteiger partial charge is 0.304 e. The maximum absolute atomic E-state index is 5.64. The van der Waals surface area contributed by atoms with E-state index in [0.717, 1.165) is 94.8 Å². The van der Waals surface area contributed by atoms with E-state index in [1.165, 1.54) is 5.56 Å². The van der Waals surface area contributed by atoms with Crippen LogP contribution in [0.5, 0.6) is 0 Å². The van der Waals surface area contributed by atoms with Gasteiger partial charge in [0.15, 0.2) is 0 Å². The van der Waals surface area contributed by atoms with E-state index in [0.29, 0.717) is 0 Å². The Morgan fingerprint density at radius 2 is 1.03 bits per heavy atom. The second-order valence-electron chi connectivity index (χ2n) is 14.4. The van der Waals surface area contributed by atoms with Crippen LogP contribution in [0, 0.1) is 12.1 Å². The molecule has 0 saturated carbocycles. The molecule has 280 valence electrons. The van der Waals surface area contributed by atoms with Gasteiger partial charge in [0.2, 0.25) is 5.95 Å². The summed E-state index contributed by atoms with van der Waals surface area (Å²) in [5, 5.41) is 2.28. The van der Waals surface area contributed by atoms with Crippen molar-refractivity contribution >= 4 is 32.8 Å². The Morgan fingerprint density at radius 1 is 0.390 bits per heavy atom. The molecular weight excluding hydrogens is 900 g/mol. The minimum atomic E-state index is 0. The Morgan fingerprint density at radius 3 is 1.81 bits per heavy atom. The Hall–Kier alpha value is -7.13. The number of para-hydroxylation sites is 3. The van der Waals surface area contributed by atoms with Crippen LogP contribution in [0.25, 0.3) is 100 Å². The van der Waals surface area contributed by atoms with E-state index in [4.69, 9.17) is 9.97 Å². The second-order valence-corrected chi connectivity index (χ2v) is 14.4. The van der Waals surface area contributed by atoms with E-state index in [-0.39, 0.29) is 21.1 Å². The minimum absolute atomic E-state index is 0. The fraction of sp³-hybridized carbons (Fsp3) is 0. The summed E-state index contributed by atoms with van der Waals surface area (Å²) < 4.78 is 4.59. The zero-order chi connectivity index (χ0) is 38.4. The molecular formula is C54H34N4Pt. The molecule has 0 aliphatic rings. The predicted octanol–water partition coefficient (Wildman–Crippen LogP) is 13.5. The molecule has 11 rings (SSSR count). The summed E-state index contributed by atoms with van der Waals surface area (Å²) in [5.74, 6) is 0.779. The normalized spacial score (nSPS) is 11.3. The van der Waals surface area contributed by atoms with Crippen molar-refractivity contribution < 1.29 is 21.1 Å². The van der Waals surface area contributed by atoms with Gasteiger partial charge in [0.1, 0.15) is 5.52 Å². The van der Waals surface area contributed by atoms with Crippen molar-refractivity contribution in [3.63, 3.8) is 0 Å². The molecule has 0 fully saturated rings. The fourth-order valence-electron chi connectivity index (χ4n) is 8.29. The minimum Gasteiger partial charge on any atom is -0.304 e. The zero-order valence-electron chi connectivity index (χ0n) is 31.7. The number of rotatable bonds is 7. The molecule has 0 bridgehead atoms. The van der Waals surface area contributed by atoms with Gasteiger partial charge in [-0.2, -0.15) is 24.3 Å². The standard InChI is InChI=1S/C54H34N4.Pt/c1-4-17-37(18-5-1)40-23-14-24-42(35-40)47-28-16-29-48(55-47)45-27-15-32-52-53(45)56-54(57-49-30-12-10-25-43(49)44-26-11-13-31-50(44)57)58(52)51-34-33-41(38-19-6-2-7-20-38)36-46(51)39-21-8-3-9-22-39;/h1-23,25-30,32-36H;/q-2;+2. The molecule has 0 radical (unpaired) electrons. The molecule has 59 heavy (non-hydrogen) atoms. The molecule has 0 spiro atoms. The van der Waals surface area contributed by atoms with E-state index < -0.39 is 0 Å². The Labute approximate surface area is 357 Å². The molecule has 0 amide bonds. The van der Waals surface area contributed by atoms with Gasteiger partial charge < -0.3 is 4.57 Å². The molecule has 0 unspecified atom stereocenters. The van der Waals surface area contributed by atoms with Crippen molar-refractivity contribution in [3.05, 3.63) is 218 Å². The maximum atomic E-state index is 5.64. The first-order valence-electron chi connectivity index (χ1n) is 19.5. The summed E-state index contributed by atoms with van der Waals surface area (Å²) in [6, 6.07) is 79.1. The van der Waals surface area contributed by atoms with E-state index in [1.54, 1.807) is 0 Å². The van der Waals surface area contributed by atoms with Crippen LogP contribution >= 0.6 is 0 Å². The van der Waals surface area contributed by atoms with Crippen LogP contribution in [0.4, 0.5) is 0 Å². The van der Waals surface area contributed by atoms with Crippen LogP contribution < -0.4 is 0 Å². The van der Waals surface area contributed by atoms with Gasteiger partial charge in [-0.05, 0) is 63.7 Å². The monoisotopic (exact) mass is 933 g/mol. The van der Waals surface area contributed by atoms with Gasteiger partial charge in [-0.3, -0.25) is 9.55 Å². The SMILES string of the molecule is [Pt+2].[c-]1ccc(-c2ccccc2)cc1-c1cccc(-c2cccc3c2nc(-n2c4[c-]cccc4c4ccccc42)n3-c2ccc(-c3ccccc3)cc2-c2ccccc2)n1. The van der Waals surface area contributed by atoms with Gasteiger partial charge >= 0.3 is 21.1 Å². The molecule has 11 aromatic rings. The summed E-state index contributed by atoms with van der Waals surface area (Å²) in [5.41, 5.74) is 15.3. The van der Waals surface area contributed by atoms with Crippen molar-refractivity contribution in [2.75, 3.05) is 0 Å². The van der Waals surface area contributed by atoms with Gasteiger partial charge in [0, 0.05) is 16.6 Å². The molecule has 0 saturated heterocycles. The van der Waals surface area contributed by atoms with Gasteiger partial charge in [-0.15, -0.1) is 40.8 Å². The third-order valence-electron chi connectivity index (χ3n) is 11.0. The van der Waals surface area contributed by atoms with E-state index in [1.807, 2.05) is 18.2 Å². The van der Waals surface area contributed by atoms with Crippen LogP contribution in [-0.4, -0.2) is 19.1 Å². The second kappa shape index (κ2) is 15.3. The average Bonchev–Trinajstić information content (AvgIpc) is 3.85. The third-order valence-corrected chi connectivity index (χ3v) is 11.0. The average molecular weight is 934 g/mol. The number of aromatic nitrogens is 4. The molecule has 5 heteroatoms. The Bertz CT molecular complexity index is 3220. The largest absolute Gasteiger partial charge is 2.00 e. The first-order valence-corrected chi connectivity index (χ1v) is 19.5. The number of benzene rings is 8. The van der Waals surface area contributed by atoms with Crippen LogP contribution in [0.15, 0.2) is 206 Å². The van der Waals surface area contributed by atoms with Crippen molar-refractivity contribution in [1.82, 2.24) is 19.1 Å².